The van der Waals surface area contributed by atoms with Gasteiger partial charge in [0.2, 0.25) is 0 Å². The van der Waals surface area contributed by atoms with Gasteiger partial charge in [-0.1, -0.05) is 88.1 Å². The first kappa shape index (κ1) is 26.1. The number of rotatable bonds is 6. The topological polar surface area (TPSA) is 60.3 Å². The van der Waals surface area contributed by atoms with Crippen LogP contribution in [0.1, 0.15) is 115 Å². The fraction of sp³-hybridized carbons (Fsp3) is 0.586. The monoisotopic (exact) mass is 466 g/mol. The Morgan fingerprint density at radius 1 is 0.912 bits per heavy atom. The normalized spacial score (nSPS) is 16.3. The number of hydrogen-bond acceptors (Lipinski definition) is 3. The van der Waals surface area contributed by atoms with Crippen molar-refractivity contribution in [3.8, 4) is 0 Å². The summed E-state index contributed by atoms with van der Waals surface area (Å²) in [7, 11) is 0. The average Bonchev–Trinajstić information content (AvgIpc) is 3.05. The van der Waals surface area contributed by atoms with E-state index in [9.17, 15) is 9.59 Å². The van der Waals surface area contributed by atoms with E-state index in [1.54, 1.807) is 0 Å². The van der Waals surface area contributed by atoms with Crippen molar-refractivity contribution in [3.05, 3.63) is 58.4 Å². The molecule has 0 aliphatic heterocycles. The molecule has 1 aromatic heterocycles. The van der Waals surface area contributed by atoms with Crippen LogP contribution in [-0.2, 0) is 11.3 Å². The average molecular weight is 467 g/mol. The number of nitrogens with one attached hydrogen (secondary N) is 1. The fourth-order valence-electron chi connectivity index (χ4n) is 5.22. The van der Waals surface area contributed by atoms with Crippen LogP contribution in [0.4, 0.5) is 0 Å². The molecule has 1 aromatic carbocycles. The maximum Gasteiger partial charge on any atom is 0.355 e. The van der Waals surface area contributed by atoms with Crippen molar-refractivity contribution in [2.45, 2.75) is 104 Å². The molecule has 2 aromatic rings. The second-order valence-corrected chi connectivity index (χ2v) is 9.66. The third kappa shape index (κ3) is 6.97. The van der Waals surface area contributed by atoms with Crippen LogP contribution in [0.3, 0.4) is 0 Å². The van der Waals surface area contributed by atoms with E-state index in [4.69, 9.17) is 4.74 Å². The maximum atomic E-state index is 13.6. The van der Waals surface area contributed by atoms with Gasteiger partial charge in [0, 0.05) is 18.3 Å². The van der Waals surface area contributed by atoms with E-state index in [2.05, 4.69) is 5.32 Å². The molecule has 34 heavy (non-hydrogen) atoms. The van der Waals surface area contributed by atoms with Gasteiger partial charge in [-0.3, -0.25) is 4.79 Å². The predicted molar refractivity (Wildman–Crippen MR) is 137 cm³/mol. The predicted octanol–water partition coefficient (Wildman–Crippen LogP) is 6.73. The molecule has 1 fully saturated rings. The zero-order chi connectivity index (χ0) is 24.3. The molecule has 0 atom stereocenters. The smallest absolute Gasteiger partial charge is 0.355 e. The Hall–Kier alpha value is -2.56. The van der Waals surface area contributed by atoms with E-state index in [0.29, 0.717) is 30.0 Å². The largest absolute Gasteiger partial charge is 0.461 e. The molecule has 1 N–H and O–H groups in total. The number of amides is 1. The Labute approximate surface area is 205 Å². The number of nitrogens with zero attached hydrogens (tertiary/aromatic N) is 1. The third-order valence-electron chi connectivity index (χ3n) is 7.09. The lowest BCUT2D eigenvalue weighted by Crippen LogP contribution is -2.35. The second-order valence-electron chi connectivity index (χ2n) is 9.66. The Kier molecular flexibility index (Phi) is 10.2. The molecular weight excluding hydrogens is 424 g/mol. The van der Waals surface area contributed by atoms with Gasteiger partial charge in [-0.15, -0.1) is 0 Å². The third-order valence-corrected chi connectivity index (χ3v) is 7.09. The number of carbonyl (C=O) groups excluding carboxylic acids is 2. The summed E-state index contributed by atoms with van der Waals surface area (Å²) in [4.78, 5) is 26.4. The summed E-state index contributed by atoms with van der Waals surface area (Å²) in [5.74, 6) is -0.437. The van der Waals surface area contributed by atoms with Crippen LogP contribution in [0, 0.1) is 13.8 Å². The van der Waals surface area contributed by atoms with Gasteiger partial charge in [-0.05, 0) is 44.7 Å². The summed E-state index contributed by atoms with van der Waals surface area (Å²) in [6.45, 7) is 6.45. The SMILES string of the molecule is CCOC(=O)c1c(C)c(C(=O)NC2CCCCCCCCCCC2)c(C)n1Cc1ccccc1. The summed E-state index contributed by atoms with van der Waals surface area (Å²) in [6.07, 6.45) is 13.5. The van der Waals surface area contributed by atoms with Crippen molar-refractivity contribution in [3.63, 3.8) is 0 Å². The molecule has 1 saturated carbocycles. The molecule has 0 radical (unpaired) electrons. The molecule has 1 amide bonds. The fourth-order valence-corrected chi connectivity index (χ4v) is 5.22. The quantitative estimate of drug-likeness (QED) is 0.480. The van der Waals surface area contributed by atoms with Crippen LogP contribution >= 0.6 is 0 Å². The van der Waals surface area contributed by atoms with E-state index < -0.39 is 0 Å². The molecule has 186 valence electrons. The van der Waals surface area contributed by atoms with Gasteiger partial charge in [0.05, 0.1) is 12.2 Å². The molecule has 1 heterocycles. The summed E-state index contributed by atoms with van der Waals surface area (Å²) < 4.78 is 7.31. The van der Waals surface area contributed by atoms with Crippen LogP contribution < -0.4 is 5.32 Å². The molecule has 5 heteroatoms. The molecule has 0 spiro atoms. The maximum absolute atomic E-state index is 13.6. The Morgan fingerprint density at radius 2 is 1.47 bits per heavy atom. The molecule has 0 bridgehead atoms. The van der Waals surface area contributed by atoms with Crippen molar-refractivity contribution in [1.82, 2.24) is 9.88 Å². The first-order valence-corrected chi connectivity index (χ1v) is 13.2. The number of carbonyl (C=O) groups is 2. The second kappa shape index (κ2) is 13.4. The highest BCUT2D eigenvalue weighted by atomic mass is 16.5. The molecule has 1 aliphatic rings. The highest BCUT2D eigenvalue weighted by molar-refractivity contribution is 6.01. The van der Waals surface area contributed by atoms with Crippen molar-refractivity contribution in [2.24, 2.45) is 0 Å². The number of hydrogen-bond donors (Lipinski definition) is 1. The molecule has 3 rings (SSSR count). The van der Waals surface area contributed by atoms with Gasteiger partial charge in [0.25, 0.3) is 5.91 Å². The van der Waals surface area contributed by atoms with Crippen LogP contribution in [0.2, 0.25) is 0 Å². The minimum Gasteiger partial charge on any atom is -0.461 e. The summed E-state index contributed by atoms with van der Waals surface area (Å²) in [5.41, 5.74) is 3.70. The molecular formula is C29H42N2O3. The van der Waals surface area contributed by atoms with Crippen LogP contribution in [0.15, 0.2) is 30.3 Å². The van der Waals surface area contributed by atoms with E-state index in [1.807, 2.05) is 55.7 Å². The van der Waals surface area contributed by atoms with E-state index in [-0.39, 0.29) is 17.9 Å². The van der Waals surface area contributed by atoms with Crippen molar-refractivity contribution in [1.29, 1.82) is 0 Å². The van der Waals surface area contributed by atoms with E-state index >= 15 is 0 Å². The van der Waals surface area contributed by atoms with Crippen molar-refractivity contribution >= 4 is 11.9 Å². The highest BCUT2D eigenvalue weighted by Gasteiger charge is 2.28. The van der Waals surface area contributed by atoms with Crippen LogP contribution in [0.25, 0.3) is 0 Å². The zero-order valence-electron chi connectivity index (χ0n) is 21.3. The minimum atomic E-state index is -0.371. The number of aromatic nitrogens is 1. The number of ether oxygens (including phenoxy) is 1. The van der Waals surface area contributed by atoms with Gasteiger partial charge in [0.1, 0.15) is 5.69 Å². The van der Waals surface area contributed by atoms with Gasteiger partial charge < -0.3 is 14.6 Å². The Bertz CT molecular complexity index is 921. The van der Waals surface area contributed by atoms with E-state index in [1.165, 1.54) is 44.9 Å². The van der Waals surface area contributed by atoms with Crippen LogP contribution in [0.5, 0.6) is 0 Å². The van der Waals surface area contributed by atoms with Crippen molar-refractivity contribution < 1.29 is 14.3 Å². The Morgan fingerprint density at radius 3 is 2.03 bits per heavy atom. The number of esters is 1. The first-order valence-electron chi connectivity index (χ1n) is 13.2. The first-order chi connectivity index (χ1) is 16.5. The minimum absolute atomic E-state index is 0.0653. The lowest BCUT2D eigenvalue weighted by molar-refractivity contribution is 0.0513. The van der Waals surface area contributed by atoms with Gasteiger partial charge in [0.15, 0.2) is 0 Å². The van der Waals surface area contributed by atoms with Crippen LogP contribution in [-0.4, -0.2) is 29.1 Å². The van der Waals surface area contributed by atoms with Gasteiger partial charge in [-0.25, -0.2) is 4.79 Å². The van der Waals surface area contributed by atoms with Gasteiger partial charge in [-0.2, -0.15) is 0 Å². The van der Waals surface area contributed by atoms with Gasteiger partial charge >= 0.3 is 5.97 Å². The molecule has 1 aliphatic carbocycles. The van der Waals surface area contributed by atoms with E-state index in [0.717, 1.165) is 36.9 Å². The van der Waals surface area contributed by atoms with Crippen molar-refractivity contribution in [2.75, 3.05) is 6.61 Å². The zero-order valence-corrected chi connectivity index (χ0v) is 21.3. The Balaban J connectivity index is 1.84. The summed E-state index contributed by atoms with van der Waals surface area (Å²) in [5, 5.41) is 3.34. The standard InChI is InChI=1S/C29H42N2O3/c1-4-34-29(33)27-22(2)26(23(3)31(27)21-24-17-13-12-14-18-24)28(32)30-25-19-15-10-8-6-5-7-9-11-16-20-25/h12-14,17-18,25H,4-11,15-16,19-21H2,1-3H3,(H,30,32). The lowest BCUT2D eigenvalue weighted by atomic mass is 9.97. The molecule has 0 saturated heterocycles. The highest BCUT2D eigenvalue weighted by Crippen LogP contribution is 2.25. The lowest BCUT2D eigenvalue weighted by Gasteiger charge is -2.20. The summed E-state index contributed by atoms with van der Waals surface area (Å²) in [6, 6.07) is 10.2. The summed E-state index contributed by atoms with van der Waals surface area (Å²) >= 11 is 0. The molecule has 5 nitrogen and oxygen atoms in total. The number of benzene rings is 1. The molecule has 0 unspecified atom stereocenters.